The van der Waals surface area contributed by atoms with Crippen LogP contribution in [0.2, 0.25) is 5.02 Å². The van der Waals surface area contributed by atoms with Crippen molar-refractivity contribution in [2.75, 3.05) is 13.7 Å². The summed E-state index contributed by atoms with van der Waals surface area (Å²) in [6.07, 6.45) is 0. The summed E-state index contributed by atoms with van der Waals surface area (Å²) >= 11 is 7.82. The number of ether oxygens (including phenoxy) is 1. The van der Waals surface area contributed by atoms with Crippen LogP contribution in [0.4, 0.5) is 4.39 Å². The highest BCUT2D eigenvalue weighted by Gasteiger charge is 2.22. The molecule has 0 aliphatic rings. The second-order valence-electron chi connectivity index (χ2n) is 4.47. The molecule has 0 radical (unpaired) electrons. The number of rotatable bonds is 5. The second kappa shape index (κ2) is 6.57. The molecule has 2 rings (SSSR count). The normalized spacial score (nSPS) is 12.4. The van der Waals surface area contributed by atoms with Crippen molar-refractivity contribution in [3.05, 3.63) is 50.4 Å². The van der Waals surface area contributed by atoms with E-state index in [1.165, 1.54) is 6.07 Å². The fourth-order valence-electron chi connectivity index (χ4n) is 2.14. The zero-order chi connectivity index (χ0) is 14.7. The van der Waals surface area contributed by atoms with Crippen LogP contribution in [0.15, 0.2) is 23.6 Å². The first kappa shape index (κ1) is 15.3. The van der Waals surface area contributed by atoms with Gasteiger partial charge in [-0.15, -0.1) is 11.3 Å². The minimum absolute atomic E-state index is 0.0956. The standard InChI is InChI=1S/C15H17ClFNOS/c1-4-18-14(15-13(19-3)5-6-20-15)10-7-9(2)12(17)8-11(10)16/h5-8,14,18H,4H2,1-3H3. The third-order valence-electron chi connectivity index (χ3n) is 3.14. The third-order valence-corrected chi connectivity index (χ3v) is 4.43. The van der Waals surface area contributed by atoms with E-state index in [1.54, 1.807) is 31.4 Å². The largest absolute Gasteiger partial charge is 0.496 e. The molecule has 2 nitrogen and oxygen atoms in total. The van der Waals surface area contributed by atoms with Gasteiger partial charge in [0.1, 0.15) is 11.6 Å². The van der Waals surface area contributed by atoms with E-state index in [2.05, 4.69) is 5.32 Å². The molecule has 1 atom stereocenters. The Morgan fingerprint density at radius 1 is 1.45 bits per heavy atom. The van der Waals surface area contributed by atoms with Crippen LogP contribution in [0.1, 0.15) is 29.0 Å². The van der Waals surface area contributed by atoms with Crippen LogP contribution < -0.4 is 10.1 Å². The topological polar surface area (TPSA) is 21.3 Å². The molecule has 0 saturated heterocycles. The third kappa shape index (κ3) is 2.97. The molecule has 108 valence electrons. The van der Waals surface area contributed by atoms with E-state index in [-0.39, 0.29) is 11.9 Å². The maximum atomic E-state index is 13.6. The Kier molecular flexibility index (Phi) is 5.02. The Labute approximate surface area is 127 Å². The molecule has 2 aromatic rings. The van der Waals surface area contributed by atoms with Gasteiger partial charge in [-0.1, -0.05) is 18.5 Å². The molecule has 1 aromatic carbocycles. The van der Waals surface area contributed by atoms with Crippen LogP contribution in [-0.4, -0.2) is 13.7 Å². The average Bonchev–Trinajstić information content (AvgIpc) is 2.88. The van der Waals surface area contributed by atoms with Gasteiger partial charge >= 0.3 is 0 Å². The van der Waals surface area contributed by atoms with E-state index in [1.807, 2.05) is 18.4 Å². The second-order valence-corrected chi connectivity index (χ2v) is 5.82. The molecule has 0 spiro atoms. The first-order valence-electron chi connectivity index (χ1n) is 6.38. The number of nitrogens with one attached hydrogen (secondary N) is 1. The predicted octanol–water partition coefficient (Wildman–Crippen LogP) is 4.56. The SMILES string of the molecule is CCNC(c1cc(C)c(F)cc1Cl)c1sccc1OC. The van der Waals surface area contributed by atoms with Crippen LogP contribution in [-0.2, 0) is 0 Å². The van der Waals surface area contributed by atoms with E-state index in [0.29, 0.717) is 10.6 Å². The Bertz CT molecular complexity index is 600. The highest BCUT2D eigenvalue weighted by Crippen LogP contribution is 2.38. The lowest BCUT2D eigenvalue weighted by Crippen LogP contribution is -2.22. The molecule has 1 unspecified atom stereocenters. The fraction of sp³-hybridized carbons (Fsp3) is 0.333. The lowest BCUT2D eigenvalue weighted by Gasteiger charge is -2.20. The molecule has 0 amide bonds. The number of benzene rings is 1. The first-order valence-corrected chi connectivity index (χ1v) is 7.64. The van der Waals surface area contributed by atoms with Crippen LogP contribution in [0.25, 0.3) is 0 Å². The zero-order valence-corrected chi connectivity index (χ0v) is 13.2. The van der Waals surface area contributed by atoms with E-state index in [0.717, 1.165) is 22.7 Å². The lowest BCUT2D eigenvalue weighted by molar-refractivity contribution is 0.408. The monoisotopic (exact) mass is 313 g/mol. The summed E-state index contributed by atoms with van der Waals surface area (Å²) in [5.41, 5.74) is 1.45. The molecule has 0 bridgehead atoms. The van der Waals surface area contributed by atoms with Gasteiger partial charge in [-0.2, -0.15) is 0 Å². The van der Waals surface area contributed by atoms with Crippen LogP contribution in [0, 0.1) is 12.7 Å². The molecular weight excluding hydrogens is 297 g/mol. The van der Waals surface area contributed by atoms with Crippen molar-refractivity contribution < 1.29 is 9.13 Å². The molecular formula is C15H17ClFNOS. The number of thiophene rings is 1. The number of halogens is 2. The summed E-state index contributed by atoms with van der Waals surface area (Å²) in [7, 11) is 1.64. The summed E-state index contributed by atoms with van der Waals surface area (Å²) in [5, 5.41) is 5.79. The van der Waals surface area contributed by atoms with Crippen molar-refractivity contribution in [1.29, 1.82) is 0 Å². The minimum atomic E-state index is -0.285. The minimum Gasteiger partial charge on any atom is -0.496 e. The molecule has 0 fully saturated rings. The van der Waals surface area contributed by atoms with Crippen LogP contribution in [0.3, 0.4) is 0 Å². The van der Waals surface area contributed by atoms with Gasteiger partial charge in [0.25, 0.3) is 0 Å². The van der Waals surface area contributed by atoms with Gasteiger partial charge in [0.05, 0.1) is 18.0 Å². The predicted molar refractivity (Wildman–Crippen MR) is 82.5 cm³/mol. The van der Waals surface area contributed by atoms with Crippen LogP contribution in [0.5, 0.6) is 5.75 Å². The molecule has 20 heavy (non-hydrogen) atoms. The van der Waals surface area contributed by atoms with Gasteiger partial charge in [-0.3, -0.25) is 0 Å². The number of aryl methyl sites for hydroxylation is 1. The molecule has 1 aromatic heterocycles. The molecule has 1 N–H and O–H groups in total. The summed E-state index contributed by atoms with van der Waals surface area (Å²) in [5.74, 6) is 0.533. The maximum absolute atomic E-state index is 13.6. The van der Waals surface area contributed by atoms with Gasteiger partial charge in [-0.05, 0) is 48.2 Å². The summed E-state index contributed by atoms with van der Waals surface area (Å²) in [6, 6.07) is 5.00. The van der Waals surface area contributed by atoms with Gasteiger partial charge in [0.2, 0.25) is 0 Å². The van der Waals surface area contributed by atoms with E-state index >= 15 is 0 Å². The smallest absolute Gasteiger partial charge is 0.134 e. The van der Waals surface area contributed by atoms with Crippen molar-refractivity contribution in [1.82, 2.24) is 5.32 Å². The number of hydrogen-bond donors (Lipinski definition) is 1. The summed E-state index contributed by atoms with van der Waals surface area (Å²) in [6.45, 7) is 4.54. The maximum Gasteiger partial charge on any atom is 0.134 e. The first-order chi connectivity index (χ1) is 9.58. The average molecular weight is 314 g/mol. The summed E-state index contributed by atoms with van der Waals surface area (Å²) < 4.78 is 19.0. The Balaban J connectivity index is 2.51. The highest BCUT2D eigenvalue weighted by atomic mass is 35.5. The van der Waals surface area contributed by atoms with Crippen LogP contribution >= 0.6 is 22.9 Å². The van der Waals surface area contributed by atoms with E-state index in [4.69, 9.17) is 16.3 Å². The quantitative estimate of drug-likeness (QED) is 0.874. The molecule has 0 aliphatic carbocycles. The van der Waals surface area contributed by atoms with Crippen molar-refractivity contribution >= 4 is 22.9 Å². The van der Waals surface area contributed by atoms with Gasteiger partial charge in [0.15, 0.2) is 0 Å². The Morgan fingerprint density at radius 3 is 2.85 bits per heavy atom. The van der Waals surface area contributed by atoms with E-state index < -0.39 is 0 Å². The van der Waals surface area contributed by atoms with Crippen molar-refractivity contribution in [3.63, 3.8) is 0 Å². The van der Waals surface area contributed by atoms with E-state index in [9.17, 15) is 4.39 Å². The zero-order valence-electron chi connectivity index (χ0n) is 11.7. The Hall–Kier alpha value is -1.10. The number of methoxy groups -OCH3 is 1. The summed E-state index contributed by atoms with van der Waals surface area (Å²) in [4.78, 5) is 1.04. The van der Waals surface area contributed by atoms with Crippen molar-refractivity contribution in [3.8, 4) is 5.75 Å². The number of hydrogen-bond acceptors (Lipinski definition) is 3. The van der Waals surface area contributed by atoms with Gasteiger partial charge < -0.3 is 10.1 Å². The van der Waals surface area contributed by atoms with Gasteiger partial charge in [-0.25, -0.2) is 4.39 Å². The molecule has 5 heteroatoms. The molecule has 1 heterocycles. The highest BCUT2D eigenvalue weighted by molar-refractivity contribution is 7.10. The Morgan fingerprint density at radius 2 is 2.20 bits per heavy atom. The molecule has 0 saturated carbocycles. The lowest BCUT2D eigenvalue weighted by atomic mass is 10.0. The molecule has 0 aliphatic heterocycles. The van der Waals surface area contributed by atoms with Crippen molar-refractivity contribution in [2.24, 2.45) is 0 Å². The fourth-order valence-corrected chi connectivity index (χ4v) is 3.35. The van der Waals surface area contributed by atoms with Gasteiger partial charge in [0, 0.05) is 5.02 Å². The van der Waals surface area contributed by atoms with Crippen molar-refractivity contribution in [2.45, 2.75) is 19.9 Å².